The lowest BCUT2D eigenvalue weighted by Gasteiger charge is -2.36. The highest BCUT2D eigenvalue weighted by Crippen LogP contribution is 2.44. The number of fused-ring (bicyclic) bond motifs is 8. The summed E-state index contributed by atoms with van der Waals surface area (Å²) >= 11 is 0. The van der Waals surface area contributed by atoms with Crippen LogP contribution in [0.25, 0.3) is 16.0 Å². The topological polar surface area (TPSA) is 241 Å². The van der Waals surface area contributed by atoms with Crippen LogP contribution in [-0.4, -0.2) is 165 Å². The van der Waals surface area contributed by atoms with Crippen molar-refractivity contribution in [3.8, 4) is 11.1 Å². The molecule has 0 spiro atoms. The van der Waals surface area contributed by atoms with Crippen molar-refractivity contribution in [1.29, 1.82) is 0 Å². The van der Waals surface area contributed by atoms with E-state index in [-0.39, 0.29) is 79.3 Å². The van der Waals surface area contributed by atoms with Crippen molar-refractivity contribution in [3.63, 3.8) is 0 Å². The molecule has 444 valence electrons. The van der Waals surface area contributed by atoms with Gasteiger partial charge in [0.15, 0.2) is 0 Å². The summed E-state index contributed by atoms with van der Waals surface area (Å²) in [4.78, 5) is 82.0. The van der Waals surface area contributed by atoms with Gasteiger partial charge in [-0.1, -0.05) is 64.6 Å². The van der Waals surface area contributed by atoms with Crippen LogP contribution in [-0.2, 0) is 51.2 Å². The molecule has 0 unspecified atom stereocenters. The fourth-order valence-corrected chi connectivity index (χ4v) is 10.8. The number of carbonyl (C=O) groups excluding carboxylic acids is 5. The smallest absolute Gasteiger partial charge is 0.303 e. The Morgan fingerprint density at radius 1 is 0.939 bits per heavy atom. The second-order valence-electron chi connectivity index (χ2n) is 22.3. The normalized spacial score (nSPS) is 18.1. The maximum atomic E-state index is 14.8. The number of pyridine rings is 1. The highest BCUT2D eigenvalue weighted by molar-refractivity contribution is 5.97. The number of rotatable bonds is 28. The summed E-state index contributed by atoms with van der Waals surface area (Å²) in [5.74, 6) is -1.10. The van der Waals surface area contributed by atoms with E-state index in [0.29, 0.717) is 138 Å². The van der Waals surface area contributed by atoms with Gasteiger partial charge in [0.1, 0.15) is 29.5 Å². The number of likely N-dealkylation sites (N-methyl/N-ethyl adjacent to an activating group) is 1. The van der Waals surface area contributed by atoms with Gasteiger partial charge in [-0.3, -0.25) is 24.0 Å². The van der Waals surface area contributed by atoms with E-state index in [1.807, 2.05) is 64.1 Å². The molecule has 5 heterocycles. The van der Waals surface area contributed by atoms with Crippen molar-refractivity contribution in [1.82, 2.24) is 45.8 Å². The predicted molar refractivity (Wildman–Crippen MR) is 309 cm³/mol. The third-order valence-corrected chi connectivity index (χ3v) is 15.4. The number of nitrogens with two attached hydrogens (primary N) is 1. The number of likely N-dealkylation sites (tertiary alicyclic amines) is 1. The predicted octanol–water partition coefficient (Wildman–Crippen LogP) is 5.92. The minimum Gasteiger partial charge on any atom is -0.382 e. The van der Waals surface area contributed by atoms with Crippen LogP contribution in [0.3, 0.4) is 0 Å². The molecule has 0 aliphatic carbocycles. The lowest BCUT2D eigenvalue weighted by atomic mass is 9.85. The van der Waals surface area contributed by atoms with Crippen molar-refractivity contribution in [2.75, 3.05) is 97.2 Å². The Morgan fingerprint density at radius 2 is 1.63 bits per heavy atom. The van der Waals surface area contributed by atoms with Gasteiger partial charge in [-0.05, 0) is 97.5 Å². The number of nitrogen functional groups attached to an aromatic ring is 1. The Balaban J connectivity index is 0.788. The molecule has 82 heavy (non-hydrogen) atoms. The second-order valence-corrected chi connectivity index (χ2v) is 22.3. The molecule has 22 heteroatoms. The van der Waals surface area contributed by atoms with Gasteiger partial charge in [0.25, 0.3) is 5.91 Å². The van der Waals surface area contributed by atoms with E-state index in [9.17, 15) is 28.4 Å². The molecular weight excluding hydrogens is 1050 g/mol. The van der Waals surface area contributed by atoms with Crippen molar-refractivity contribution in [3.05, 3.63) is 100 Å². The second kappa shape index (κ2) is 29.9. The van der Waals surface area contributed by atoms with Crippen molar-refractivity contribution in [2.24, 2.45) is 5.41 Å². The van der Waals surface area contributed by atoms with E-state index < -0.39 is 29.4 Å². The van der Waals surface area contributed by atoms with Crippen LogP contribution in [0, 0.1) is 17.8 Å². The number of aryl methyl sites for hydroxylation is 1. The minimum atomic E-state index is -0.855. The molecule has 2 saturated heterocycles. The standard InChI is InChI=1S/C60H83FN12O9/c1-9-47(40-15-11-10-12-16-40)67-57(76)50-35-43(37-72(50)59(78)53(60(3,4)5)68-56(75)39(2)63-6)65-22-26-80-28-30-82-32-31-81-29-27-79-25-21-44(74)17-13-24-73-51-38-70(8)58(77)45-20-19-42(61)34-46(45)48-18-14-23-71(48)49-33-41(36-66-54(49)62)52(51)55(64-7)69-73/h10-12,15-16,19-20,33-34,36,39,43,47-48,50,53,63,65H,9,13-14,17-18,21-32,35,37-38H2,1-6,8H3,(H2,62,66)(H,67,76)(H,68,75)/t39-,43-,47+,48-,50-,53+/m1/s1. The fraction of sp³-hybridized carbons (Fsp3) is 0.567. The van der Waals surface area contributed by atoms with Crippen molar-refractivity contribution in [2.45, 2.75) is 129 Å². The van der Waals surface area contributed by atoms with Crippen molar-refractivity contribution < 1.29 is 47.3 Å². The minimum absolute atomic E-state index is 0.0142. The van der Waals surface area contributed by atoms with Crippen LogP contribution in [0.2, 0.25) is 0 Å². The number of carbonyl (C=O) groups is 5. The molecule has 2 fully saturated rings. The number of halogens is 1. The van der Waals surface area contributed by atoms with Gasteiger partial charge in [-0.2, -0.15) is 4.68 Å². The number of hydrogen-bond donors (Lipinski definition) is 5. The number of ketones is 1. The van der Waals surface area contributed by atoms with Gasteiger partial charge < -0.3 is 65.5 Å². The Bertz CT molecular complexity index is 2860. The number of anilines is 2. The van der Waals surface area contributed by atoms with Crippen LogP contribution in [0.5, 0.6) is 0 Å². The molecule has 6 atom stereocenters. The van der Waals surface area contributed by atoms with E-state index in [0.717, 1.165) is 12.0 Å². The van der Waals surface area contributed by atoms with E-state index >= 15 is 0 Å². The average molecular weight is 1140 g/mol. The number of amides is 4. The van der Waals surface area contributed by atoms with E-state index in [1.54, 1.807) is 41.7 Å². The first kappa shape index (κ1) is 62.7. The first-order valence-electron chi connectivity index (χ1n) is 28.7. The maximum Gasteiger partial charge on any atom is 0.303 e. The van der Waals surface area contributed by atoms with Gasteiger partial charge in [-0.15, -0.1) is 0 Å². The Morgan fingerprint density at radius 3 is 2.30 bits per heavy atom. The molecule has 2 aromatic heterocycles. The molecule has 4 aromatic rings. The summed E-state index contributed by atoms with van der Waals surface area (Å²) in [6.07, 6.45) is 5.11. The molecule has 0 saturated carbocycles. The summed E-state index contributed by atoms with van der Waals surface area (Å²) in [5, 5.41) is 17.2. The van der Waals surface area contributed by atoms with Gasteiger partial charge in [0, 0.05) is 62.9 Å². The first-order valence-corrected chi connectivity index (χ1v) is 28.7. The molecule has 21 nitrogen and oxygen atoms in total. The molecule has 3 aliphatic heterocycles. The lowest BCUT2D eigenvalue weighted by molar-refractivity contribution is -0.144. The van der Waals surface area contributed by atoms with E-state index in [2.05, 4.69) is 41.1 Å². The number of nitrogens with one attached hydrogen (secondary N) is 4. The molecule has 2 bridgehead atoms. The lowest BCUT2D eigenvalue weighted by Crippen LogP contribution is -2.59. The summed E-state index contributed by atoms with van der Waals surface area (Å²) < 4.78 is 39.3. The first-order chi connectivity index (χ1) is 39.4. The number of aromatic nitrogens is 3. The monoisotopic (exact) mass is 1130 g/mol. The number of hydrogen-bond acceptors (Lipinski definition) is 15. The van der Waals surface area contributed by atoms with Gasteiger partial charge in [0.05, 0.1) is 95.5 Å². The van der Waals surface area contributed by atoms with Crippen LogP contribution in [0.15, 0.2) is 60.8 Å². The molecule has 0 radical (unpaired) electrons. The molecule has 7 rings (SSSR count). The highest BCUT2D eigenvalue weighted by atomic mass is 19.1. The van der Waals surface area contributed by atoms with Crippen LogP contribution in [0.4, 0.5) is 21.7 Å². The SMILES string of the molecule is [C-]#[N+]c1nn(CCCC(=O)CCOCCOCCOCCOCCN[C@@H]2C[C@H](C(=O)N[C@@H](CC)c3ccccc3)N(C(=O)[C@H](NC(=O)[C@@H](C)NC)C(C)(C)C)C2)c2c1-c1cnc(N)c(c1)N1CCC[C@@H]1c1cc(F)ccc1C(=O)N(C)C2. The third kappa shape index (κ3) is 16.2. The molecule has 4 amide bonds. The Hall–Kier alpha value is -6.87. The fourth-order valence-electron chi connectivity index (χ4n) is 10.8. The summed E-state index contributed by atoms with van der Waals surface area (Å²) in [5.41, 5.74) is 10.2. The van der Waals surface area contributed by atoms with E-state index in [1.165, 1.54) is 18.2 Å². The van der Waals surface area contributed by atoms with E-state index in [4.69, 9.17) is 31.3 Å². The zero-order valence-corrected chi connectivity index (χ0v) is 48.6. The van der Waals surface area contributed by atoms with Crippen LogP contribution in [0.1, 0.15) is 119 Å². The zero-order valence-electron chi connectivity index (χ0n) is 48.6. The molecule has 3 aliphatic rings. The van der Waals surface area contributed by atoms with Gasteiger partial charge >= 0.3 is 5.82 Å². The number of nitrogens with zero attached hydrogens (tertiary/aromatic N) is 7. The van der Waals surface area contributed by atoms with Crippen LogP contribution >= 0.6 is 0 Å². The summed E-state index contributed by atoms with van der Waals surface area (Å²) in [6.45, 7) is 22.0. The molecule has 2 aromatic carbocycles. The molecular formula is C60H83FN12O9. The van der Waals surface area contributed by atoms with Crippen LogP contribution < -0.4 is 31.9 Å². The molecule has 6 N–H and O–H groups in total. The van der Waals surface area contributed by atoms with Gasteiger partial charge in [0.2, 0.25) is 17.7 Å². The Labute approximate surface area is 481 Å². The number of Topliss-reactive ketones (excluding diaryl/α,β-unsaturated/α-hetero) is 1. The summed E-state index contributed by atoms with van der Waals surface area (Å²) in [6, 6.07) is 13.1. The Kier molecular flexibility index (Phi) is 22.9. The zero-order chi connectivity index (χ0) is 58.9. The maximum absolute atomic E-state index is 14.8. The third-order valence-electron chi connectivity index (χ3n) is 15.4. The highest BCUT2D eigenvalue weighted by Gasteiger charge is 2.45. The van der Waals surface area contributed by atoms with Gasteiger partial charge in [-0.25, -0.2) is 9.37 Å². The summed E-state index contributed by atoms with van der Waals surface area (Å²) in [7, 11) is 3.36. The number of benzene rings is 2. The largest absolute Gasteiger partial charge is 0.382 e. The van der Waals surface area contributed by atoms with Crippen molar-refractivity contribution >= 4 is 46.7 Å². The average Bonchev–Trinajstić information content (AvgIpc) is 4.41. The number of ether oxygens (including phenoxy) is 4. The quantitative estimate of drug-likeness (QED) is 0.0328.